The van der Waals surface area contributed by atoms with Crippen molar-refractivity contribution in [2.24, 2.45) is 0 Å². The molecule has 1 saturated heterocycles. The maximum absolute atomic E-state index is 12.7. The average Bonchev–Trinajstić information content (AvgIpc) is 3.17. The minimum atomic E-state index is -0.0290. The quantitative estimate of drug-likeness (QED) is 0.718. The van der Waals surface area contributed by atoms with E-state index in [9.17, 15) is 9.59 Å². The molecule has 0 atom stereocenters. The standard InChI is InChI=1S/C17H16N4O2S/c22-16-13-3-1-2-4-14(13)18-10-21(16)12-5-7-20(8-6-12)17(23)15-9-24-11-19-15/h1-4,9-12H,5-8H2. The van der Waals surface area contributed by atoms with Gasteiger partial charge in [-0.2, -0.15) is 0 Å². The Morgan fingerprint density at radius 3 is 2.71 bits per heavy atom. The second-order valence-electron chi connectivity index (χ2n) is 5.87. The van der Waals surface area contributed by atoms with E-state index >= 15 is 0 Å². The van der Waals surface area contributed by atoms with Gasteiger partial charge in [-0.15, -0.1) is 11.3 Å². The molecule has 0 unspecified atom stereocenters. The summed E-state index contributed by atoms with van der Waals surface area (Å²) in [6, 6.07) is 7.46. The van der Waals surface area contributed by atoms with Crippen molar-refractivity contribution in [3.8, 4) is 0 Å². The van der Waals surface area contributed by atoms with Crippen LogP contribution in [0.5, 0.6) is 0 Å². The van der Waals surface area contributed by atoms with Gasteiger partial charge in [-0.1, -0.05) is 12.1 Å². The second-order valence-corrected chi connectivity index (χ2v) is 6.59. The number of thiazole rings is 1. The van der Waals surface area contributed by atoms with Crippen molar-refractivity contribution in [3.05, 3.63) is 57.5 Å². The van der Waals surface area contributed by atoms with Gasteiger partial charge in [0.15, 0.2) is 0 Å². The number of hydrogen-bond acceptors (Lipinski definition) is 5. The van der Waals surface area contributed by atoms with Gasteiger partial charge in [-0.05, 0) is 25.0 Å². The summed E-state index contributed by atoms with van der Waals surface area (Å²) in [6.45, 7) is 1.25. The topological polar surface area (TPSA) is 68.1 Å². The van der Waals surface area contributed by atoms with Crippen molar-refractivity contribution in [2.45, 2.75) is 18.9 Å². The molecule has 1 aromatic carbocycles. The second kappa shape index (κ2) is 6.16. The number of para-hydroxylation sites is 1. The van der Waals surface area contributed by atoms with E-state index in [4.69, 9.17) is 0 Å². The summed E-state index contributed by atoms with van der Waals surface area (Å²) in [4.78, 5) is 35.3. The molecule has 3 aromatic rings. The highest BCUT2D eigenvalue weighted by Gasteiger charge is 2.26. The number of aromatic nitrogens is 3. The molecule has 24 heavy (non-hydrogen) atoms. The first-order chi connectivity index (χ1) is 11.7. The Kier molecular flexibility index (Phi) is 3.86. The Labute approximate surface area is 142 Å². The lowest BCUT2D eigenvalue weighted by Gasteiger charge is -2.32. The van der Waals surface area contributed by atoms with E-state index in [1.807, 2.05) is 29.2 Å². The Balaban J connectivity index is 1.53. The Morgan fingerprint density at radius 1 is 1.17 bits per heavy atom. The molecule has 1 fully saturated rings. The van der Waals surface area contributed by atoms with Crippen molar-refractivity contribution in [1.29, 1.82) is 0 Å². The summed E-state index contributed by atoms with van der Waals surface area (Å²) in [5.74, 6) is -0.0290. The predicted octanol–water partition coefficient (Wildman–Crippen LogP) is 2.33. The fourth-order valence-corrected chi connectivity index (χ4v) is 3.70. The number of rotatable bonds is 2. The summed E-state index contributed by atoms with van der Waals surface area (Å²) < 4.78 is 1.72. The van der Waals surface area contributed by atoms with Crippen molar-refractivity contribution in [3.63, 3.8) is 0 Å². The molecule has 3 heterocycles. The van der Waals surface area contributed by atoms with Crippen LogP contribution in [-0.4, -0.2) is 38.4 Å². The molecule has 1 aliphatic rings. The molecule has 0 aliphatic carbocycles. The lowest BCUT2D eigenvalue weighted by atomic mass is 10.0. The molecule has 122 valence electrons. The lowest BCUT2D eigenvalue weighted by Crippen LogP contribution is -2.41. The minimum absolute atomic E-state index is 0.00937. The van der Waals surface area contributed by atoms with Crippen LogP contribution in [0.25, 0.3) is 10.9 Å². The van der Waals surface area contributed by atoms with Gasteiger partial charge in [0.2, 0.25) is 0 Å². The number of benzene rings is 1. The molecule has 0 saturated carbocycles. The van der Waals surface area contributed by atoms with E-state index in [1.165, 1.54) is 11.3 Å². The molecular formula is C17H16N4O2S. The molecule has 0 radical (unpaired) electrons. The van der Waals surface area contributed by atoms with Crippen LogP contribution in [0.3, 0.4) is 0 Å². The summed E-state index contributed by atoms with van der Waals surface area (Å²) in [5.41, 5.74) is 2.88. The third-order valence-corrected chi connectivity index (χ3v) is 5.07. The lowest BCUT2D eigenvalue weighted by molar-refractivity contribution is 0.0688. The summed E-state index contributed by atoms with van der Waals surface area (Å²) >= 11 is 1.42. The molecule has 1 amide bonds. The normalized spacial score (nSPS) is 15.8. The highest BCUT2D eigenvalue weighted by molar-refractivity contribution is 7.07. The Morgan fingerprint density at radius 2 is 1.96 bits per heavy atom. The van der Waals surface area contributed by atoms with Gasteiger partial charge in [0.05, 0.1) is 22.7 Å². The first-order valence-corrected chi connectivity index (χ1v) is 8.81. The maximum atomic E-state index is 12.7. The number of hydrogen-bond donors (Lipinski definition) is 0. The molecule has 0 N–H and O–H groups in total. The van der Waals surface area contributed by atoms with Crippen LogP contribution in [-0.2, 0) is 0 Å². The van der Waals surface area contributed by atoms with Crippen LogP contribution in [0.15, 0.2) is 46.3 Å². The highest BCUT2D eigenvalue weighted by atomic mass is 32.1. The summed E-state index contributed by atoms with van der Waals surface area (Å²) in [6.07, 6.45) is 3.12. The zero-order valence-corrected chi connectivity index (χ0v) is 13.8. The van der Waals surface area contributed by atoms with Gasteiger partial charge < -0.3 is 4.90 Å². The van der Waals surface area contributed by atoms with E-state index in [0.717, 1.165) is 18.4 Å². The average molecular weight is 340 g/mol. The van der Waals surface area contributed by atoms with E-state index < -0.39 is 0 Å². The van der Waals surface area contributed by atoms with Gasteiger partial charge >= 0.3 is 0 Å². The number of piperidine rings is 1. The smallest absolute Gasteiger partial charge is 0.273 e. The van der Waals surface area contributed by atoms with Crippen molar-refractivity contribution >= 4 is 28.1 Å². The third-order valence-electron chi connectivity index (χ3n) is 4.49. The SMILES string of the molecule is O=C(c1cscn1)N1CCC(n2cnc3ccccc3c2=O)CC1. The van der Waals surface area contributed by atoms with Gasteiger partial charge in [0.25, 0.3) is 11.5 Å². The number of nitrogens with zero attached hydrogens (tertiary/aromatic N) is 4. The van der Waals surface area contributed by atoms with Crippen LogP contribution in [0.1, 0.15) is 29.4 Å². The first kappa shape index (κ1) is 15.0. The Hall–Kier alpha value is -2.54. The minimum Gasteiger partial charge on any atom is -0.337 e. The van der Waals surface area contributed by atoms with Crippen molar-refractivity contribution in [1.82, 2.24) is 19.4 Å². The third kappa shape index (κ3) is 2.60. The first-order valence-electron chi connectivity index (χ1n) is 7.87. The van der Waals surface area contributed by atoms with Crippen LogP contribution < -0.4 is 5.56 Å². The monoisotopic (exact) mass is 340 g/mol. The van der Waals surface area contributed by atoms with Gasteiger partial charge in [-0.25, -0.2) is 9.97 Å². The molecule has 0 spiro atoms. The van der Waals surface area contributed by atoms with Crippen LogP contribution >= 0.6 is 11.3 Å². The van der Waals surface area contributed by atoms with E-state index in [2.05, 4.69) is 9.97 Å². The van der Waals surface area contributed by atoms with Gasteiger partial charge in [-0.3, -0.25) is 14.2 Å². The molecule has 7 heteroatoms. The van der Waals surface area contributed by atoms with Gasteiger partial charge in [0, 0.05) is 24.5 Å². The number of carbonyl (C=O) groups is 1. The van der Waals surface area contributed by atoms with E-state index in [-0.39, 0.29) is 17.5 Å². The molecule has 6 nitrogen and oxygen atoms in total. The predicted molar refractivity (Wildman–Crippen MR) is 92.3 cm³/mol. The van der Waals surface area contributed by atoms with Crippen LogP contribution in [0.2, 0.25) is 0 Å². The van der Waals surface area contributed by atoms with Crippen molar-refractivity contribution in [2.75, 3.05) is 13.1 Å². The molecular weight excluding hydrogens is 324 g/mol. The number of likely N-dealkylation sites (tertiary alicyclic amines) is 1. The molecule has 0 bridgehead atoms. The zero-order chi connectivity index (χ0) is 16.5. The summed E-state index contributed by atoms with van der Waals surface area (Å²) in [5, 5.41) is 2.41. The van der Waals surface area contributed by atoms with Gasteiger partial charge in [0.1, 0.15) is 5.69 Å². The van der Waals surface area contributed by atoms with E-state index in [0.29, 0.717) is 24.2 Å². The maximum Gasteiger partial charge on any atom is 0.273 e. The van der Waals surface area contributed by atoms with Crippen LogP contribution in [0.4, 0.5) is 0 Å². The molecule has 4 rings (SSSR count). The van der Waals surface area contributed by atoms with Crippen molar-refractivity contribution < 1.29 is 4.79 Å². The molecule has 1 aliphatic heterocycles. The van der Waals surface area contributed by atoms with E-state index in [1.54, 1.807) is 21.8 Å². The fourth-order valence-electron chi connectivity index (χ4n) is 3.17. The highest BCUT2D eigenvalue weighted by Crippen LogP contribution is 2.22. The largest absolute Gasteiger partial charge is 0.337 e. The Bertz CT molecular complexity index is 927. The zero-order valence-electron chi connectivity index (χ0n) is 13.0. The summed E-state index contributed by atoms with van der Waals surface area (Å²) in [7, 11) is 0. The number of fused-ring (bicyclic) bond motifs is 1. The fraction of sp³-hybridized carbons (Fsp3) is 0.294. The molecule has 2 aromatic heterocycles. The number of carbonyl (C=O) groups excluding carboxylic acids is 1. The van der Waals surface area contributed by atoms with Crippen LogP contribution in [0, 0.1) is 0 Å². The number of amides is 1.